The Morgan fingerprint density at radius 1 is 0.938 bits per heavy atom. The molecular formula is C26H21ClN4O. The van der Waals surface area contributed by atoms with E-state index < -0.39 is 0 Å². The van der Waals surface area contributed by atoms with Crippen molar-refractivity contribution in [3.8, 4) is 22.6 Å². The molecular weight excluding hydrogens is 420 g/mol. The maximum absolute atomic E-state index is 6.15. The Bertz CT molecular complexity index is 1360. The minimum absolute atomic E-state index is 0.606. The maximum Gasteiger partial charge on any atom is 0.150 e. The van der Waals surface area contributed by atoms with Gasteiger partial charge in [-0.15, -0.1) is 0 Å². The number of halogens is 1. The number of hydrogen-bond acceptors (Lipinski definition) is 4. The molecule has 2 heterocycles. The van der Waals surface area contributed by atoms with Crippen molar-refractivity contribution in [1.82, 2.24) is 14.5 Å². The molecule has 0 amide bonds. The van der Waals surface area contributed by atoms with E-state index in [1.165, 1.54) is 0 Å². The van der Waals surface area contributed by atoms with Crippen molar-refractivity contribution in [2.24, 2.45) is 0 Å². The topological polar surface area (TPSA) is 52.0 Å². The zero-order valence-corrected chi connectivity index (χ0v) is 18.3. The lowest BCUT2D eigenvalue weighted by molar-refractivity contribution is 0.415. The summed E-state index contributed by atoms with van der Waals surface area (Å²) in [7, 11) is 1.67. The Labute approximate surface area is 191 Å². The lowest BCUT2D eigenvalue weighted by atomic mass is 10.1. The van der Waals surface area contributed by atoms with Gasteiger partial charge in [0.2, 0.25) is 0 Å². The largest absolute Gasteiger partial charge is 0.497 e. The number of methoxy groups -OCH3 is 1. The van der Waals surface area contributed by atoms with Crippen LogP contribution in [0.3, 0.4) is 0 Å². The maximum atomic E-state index is 6.15. The predicted octanol–water partition coefficient (Wildman–Crippen LogP) is 6.36. The van der Waals surface area contributed by atoms with E-state index in [1.54, 1.807) is 13.4 Å². The summed E-state index contributed by atoms with van der Waals surface area (Å²) in [6, 6.07) is 26.0. The van der Waals surface area contributed by atoms with Crippen LogP contribution in [0.5, 0.6) is 5.75 Å². The summed E-state index contributed by atoms with van der Waals surface area (Å²) >= 11 is 6.15. The minimum atomic E-state index is 0.606. The Morgan fingerprint density at radius 3 is 2.50 bits per heavy atom. The first-order valence-electron chi connectivity index (χ1n) is 10.3. The van der Waals surface area contributed by atoms with Crippen LogP contribution in [0.4, 0.5) is 5.82 Å². The van der Waals surface area contributed by atoms with Crippen molar-refractivity contribution in [2.45, 2.75) is 6.54 Å². The number of nitrogens with one attached hydrogen (secondary N) is 1. The molecule has 1 N–H and O–H groups in total. The first-order valence-corrected chi connectivity index (χ1v) is 10.6. The van der Waals surface area contributed by atoms with Gasteiger partial charge in [0.25, 0.3) is 0 Å². The molecule has 0 aliphatic carbocycles. The zero-order chi connectivity index (χ0) is 21.9. The number of aromatic nitrogens is 3. The minimum Gasteiger partial charge on any atom is -0.497 e. The van der Waals surface area contributed by atoms with Crippen LogP contribution >= 0.6 is 11.6 Å². The van der Waals surface area contributed by atoms with Crippen molar-refractivity contribution < 1.29 is 4.74 Å². The third-order valence-electron chi connectivity index (χ3n) is 5.37. The van der Waals surface area contributed by atoms with Crippen molar-refractivity contribution in [2.75, 3.05) is 12.4 Å². The van der Waals surface area contributed by atoms with E-state index in [9.17, 15) is 0 Å². The molecule has 0 aliphatic rings. The van der Waals surface area contributed by atoms with Gasteiger partial charge in [0, 0.05) is 29.0 Å². The van der Waals surface area contributed by atoms with Crippen LogP contribution in [-0.2, 0) is 6.54 Å². The third-order valence-corrected chi connectivity index (χ3v) is 5.60. The van der Waals surface area contributed by atoms with Gasteiger partial charge in [0.05, 0.1) is 12.5 Å². The molecule has 2 aromatic heterocycles. The van der Waals surface area contributed by atoms with E-state index in [2.05, 4.69) is 38.2 Å². The number of ether oxygens (including phenoxy) is 1. The number of rotatable bonds is 6. The second kappa shape index (κ2) is 8.73. The number of fused-ring (bicyclic) bond motifs is 1. The van der Waals surface area contributed by atoms with Crippen LogP contribution in [0.2, 0.25) is 5.02 Å². The van der Waals surface area contributed by atoms with Gasteiger partial charge in [0.15, 0.2) is 5.65 Å². The fourth-order valence-electron chi connectivity index (χ4n) is 3.80. The fourth-order valence-corrected chi connectivity index (χ4v) is 4.02. The molecule has 32 heavy (non-hydrogen) atoms. The van der Waals surface area contributed by atoms with E-state index in [0.717, 1.165) is 45.0 Å². The van der Waals surface area contributed by atoms with Gasteiger partial charge in [-0.25, -0.2) is 9.97 Å². The van der Waals surface area contributed by atoms with E-state index in [0.29, 0.717) is 11.6 Å². The van der Waals surface area contributed by atoms with E-state index in [1.807, 2.05) is 66.7 Å². The SMILES string of the molecule is COc1ccc(-n2cc(-c3ccccc3)c3c(NCc4cccc(Cl)c4)ncnc32)cc1. The Balaban J connectivity index is 1.64. The molecule has 0 radical (unpaired) electrons. The molecule has 6 heteroatoms. The summed E-state index contributed by atoms with van der Waals surface area (Å²) in [6.45, 7) is 0.606. The molecule has 0 bridgehead atoms. The number of benzene rings is 3. The van der Waals surface area contributed by atoms with Gasteiger partial charge in [0.1, 0.15) is 17.9 Å². The van der Waals surface area contributed by atoms with Crippen LogP contribution < -0.4 is 10.1 Å². The molecule has 3 aromatic carbocycles. The molecule has 0 fully saturated rings. The molecule has 0 saturated carbocycles. The van der Waals surface area contributed by atoms with Crippen LogP contribution in [0, 0.1) is 0 Å². The third kappa shape index (κ3) is 3.90. The lowest BCUT2D eigenvalue weighted by Gasteiger charge is -2.09. The highest BCUT2D eigenvalue weighted by atomic mass is 35.5. The van der Waals surface area contributed by atoms with E-state index >= 15 is 0 Å². The van der Waals surface area contributed by atoms with Crippen molar-refractivity contribution >= 4 is 28.5 Å². The van der Waals surface area contributed by atoms with E-state index in [4.69, 9.17) is 16.3 Å². The predicted molar refractivity (Wildman–Crippen MR) is 130 cm³/mol. The summed E-state index contributed by atoms with van der Waals surface area (Å²) in [5.41, 5.74) is 5.08. The summed E-state index contributed by atoms with van der Waals surface area (Å²) in [4.78, 5) is 9.21. The van der Waals surface area contributed by atoms with Crippen LogP contribution in [0.15, 0.2) is 91.4 Å². The number of nitrogens with zero attached hydrogens (tertiary/aromatic N) is 3. The molecule has 0 spiro atoms. The van der Waals surface area contributed by atoms with Gasteiger partial charge < -0.3 is 14.6 Å². The summed E-state index contributed by atoms with van der Waals surface area (Å²) in [5, 5.41) is 5.17. The molecule has 5 nitrogen and oxygen atoms in total. The molecule has 5 aromatic rings. The fraction of sp³-hybridized carbons (Fsp3) is 0.0769. The number of anilines is 1. The van der Waals surface area contributed by atoms with Crippen molar-refractivity contribution in [3.05, 3.63) is 102 Å². The van der Waals surface area contributed by atoms with Crippen molar-refractivity contribution in [1.29, 1.82) is 0 Å². The molecule has 5 rings (SSSR count). The van der Waals surface area contributed by atoms with Gasteiger partial charge in [-0.05, 0) is 47.5 Å². The van der Waals surface area contributed by atoms with Gasteiger partial charge in [-0.1, -0.05) is 54.1 Å². The monoisotopic (exact) mass is 440 g/mol. The second-order valence-electron chi connectivity index (χ2n) is 7.38. The quantitative estimate of drug-likeness (QED) is 0.333. The van der Waals surface area contributed by atoms with Gasteiger partial charge in [-0.3, -0.25) is 0 Å². The molecule has 0 aliphatic heterocycles. The van der Waals surface area contributed by atoms with Crippen LogP contribution in [0.25, 0.3) is 27.8 Å². The highest BCUT2D eigenvalue weighted by Crippen LogP contribution is 2.35. The van der Waals surface area contributed by atoms with Crippen molar-refractivity contribution in [3.63, 3.8) is 0 Å². The van der Waals surface area contributed by atoms with Gasteiger partial charge >= 0.3 is 0 Å². The lowest BCUT2D eigenvalue weighted by Crippen LogP contribution is -2.03. The molecule has 0 atom stereocenters. The summed E-state index contributed by atoms with van der Waals surface area (Å²) < 4.78 is 7.40. The van der Waals surface area contributed by atoms with Gasteiger partial charge in [-0.2, -0.15) is 0 Å². The second-order valence-corrected chi connectivity index (χ2v) is 7.82. The Kier molecular flexibility index (Phi) is 5.48. The summed E-state index contributed by atoms with van der Waals surface area (Å²) in [5.74, 6) is 1.59. The highest BCUT2D eigenvalue weighted by molar-refractivity contribution is 6.30. The molecule has 0 unspecified atom stereocenters. The molecule has 158 valence electrons. The number of hydrogen-bond donors (Lipinski definition) is 1. The first-order chi connectivity index (χ1) is 15.7. The Morgan fingerprint density at radius 2 is 1.75 bits per heavy atom. The standard InChI is InChI=1S/C26H21ClN4O/c1-32-22-12-10-21(11-13-22)31-16-23(19-7-3-2-4-8-19)24-25(29-17-30-26(24)31)28-15-18-6-5-9-20(27)14-18/h2-14,16-17H,15H2,1H3,(H,28,29,30). The highest BCUT2D eigenvalue weighted by Gasteiger charge is 2.17. The van der Waals surface area contributed by atoms with Crippen LogP contribution in [0.1, 0.15) is 5.56 Å². The van der Waals surface area contributed by atoms with E-state index in [-0.39, 0.29) is 0 Å². The normalized spacial score (nSPS) is 10.9. The summed E-state index contributed by atoms with van der Waals surface area (Å²) in [6.07, 6.45) is 3.71. The first kappa shape index (κ1) is 20.1. The Hall–Kier alpha value is -3.83. The average molecular weight is 441 g/mol. The van der Waals surface area contributed by atoms with Crippen LogP contribution in [-0.4, -0.2) is 21.6 Å². The smallest absolute Gasteiger partial charge is 0.150 e. The average Bonchev–Trinajstić information content (AvgIpc) is 3.24. The molecule has 0 saturated heterocycles. The zero-order valence-electron chi connectivity index (χ0n) is 17.5.